The minimum Gasteiger partial charge on any atom is -0.381 e. The van der Waals surface area contributed by atoms with Crippen molar-refractivity contribution in [2.24, 2.45) is 0 Å². The number of pyridine rings is 1. The number of amides is 2. The third-order valence-electron chi connectivity index (χ3n) is 5.40. The summed E-state index contributed by atoms with van der Waals surface area (Å²) in [6, 6.07) is 1.39. The smallest absolute Gasteiger partial charge is 0.331 e. The molecular weight excluding hydrogens is 364 g/mol. The van der Waals surface area contributed by atoms with E-state index >= 15 is 0 Å². The number of carbonyl (C=O) groups excluding carboxylic acids is 1. The number of anilines is 1. The van der Waals surface area contributed by atoms with E-state index in [4.69, 9.17) is 0 Å². The first-order chi connectivity index (χ1) is 13.1. The number of carbonyl (C=O) groups is 1. The van der Waals surface area contributed by atoms with Crippen LogP contribution in [-0.4, -0.2) is 43.5 Å². The molecule has 0 aromatic carbocycles. The number of likely N-dealkylation sites (tertiary alicyclic amines) is 1. The summed E-state index contributed by atoms with van der Waals surface area (Å²) >= 11 is 0. The van der Waals surface area contributed by atoms with Crippen LogP contribution in [0.4, 0.5) is 10.5 Å². The lowest BCUT2D eigenvalue weighted by molar-refractivity contribution is 0.206. The maximum Gasteiger partial charge on any atom is 0.331 e. The summed E-state index contributed by atoms with van der Waals surface area (Å²) in [5.41, 5.74) is 0.521. The molecule has 1 aromatic rings. The second kappa shape index (κ2) is 9.39. The van der Waals surface area contributed by atoms with Crippen LogP contribution in [0.3, 0.4) is 0 Å². The molecule has 2 amide bonds. The van der Waals surface area contributed by atoms with E-state index in [0.29, 0.717) is 18.8 Å². The molecule has 7 nitrogen and oxygen atoms in total. The predicted octanol–water partition coefficient (Wildman–Crippen LogP) is 3.49. The van der Waals surface area contributed by atoms with E-state index in [-0.39, 0.29) is 10.9 Å². The van der Waals surface area contributed by atoms with E-state index in [1.807, 2.05) is 0 Å². The van der Waals surface area contributed by atoms with Gasteiger partial charge in [-0.25, -0.2) is 17.9 Å². The Morgan fingerprint density at radius 2 is 1.63 bits per heavy atom. The second-order valence-corrected chi connectivity index (χ2v) is 9.17. The van der Waals surface area contributed by atoms with Gasteiger partial charge in [0, 0.05) is 31.5 Å². The zero-order valence-corrected chi connectivity index (χ0v) is 16.6. The Morgan fingerprint density at radius 1 is 1.00 bits per heavy atom. The van der Waals surface area contributed by atoms with E-state index < -0.39 is 16.1 Å². The molecule has 0 atom stereocenters. The highest BCUT2D eigenvalue weighted by atomic mass is 32.2. The molecule has 27 heavy (non-hydrogen) atoms. The van der Waals surface area contributed by atoms with Gasteiger partial charge in [0.15, 0.2) is 0 Å². The van der Waals surface area contributed by atoms with Crippen LogP contribution in [0.1, 0.15) is 64.2 Å². The standard InChI is InChI=1S/C19H30N4O3S/c24-19(23-13-7-3-4-8-14-23)22-27(25,26)18-15-20-12-11-17(18)21-16-9-5-1-2-6-10-16/h11-12,15-16H,1-10,13-14H2,(H,20,21)(H,22,24). The highest BCUT2D eigenvalue weighted by molar-refractivity contribution is 7.90. The normalized spacial score (nSPS) is 19.8. The van der Waals surface area contributed by atoms with Gasteiger partial charge in [0.2, 0.25) is 0 Å². The molecular formula is C19H30N4O3S. The molecule has 8 heteroatoms. The van der Waals surface area contributed by atoms with E-state index in [0.717, 1.165) is 51.4 Å². The van der Waals surface area contributed by atoms with Gasteiger partial charge in [0.1, 0.15) is 4.90 Å². The lowest BCUT2D eigenvalue weighted by Gasteiger charge is -2.22. The fourth-order valence-corrected chi connectivity index (χ4v) is 4.95. The Bertz CT molecular complexity index is 722. The lowest BCUT2D eigenvalue weighted by atomic mass is 10.1. The van der Waals surface area contributed by atoms with Crippen LogP contribution in [-0.2, 0) is 10.0 Å². The number of rotatable bonds is 4. The first-order valence-corrected chi connectivity index (χ1v) is 11.6. The molecule has 1 aromatic heterocycles. The molecule has 1 saturated heterocycles. The fraction of sp³-hybridized carbons (Fsp3) is 0.684. The molecule has 1 aliphatic carbocycles. The van der Waals surface area contributed by atoms with Crippen LogP contribution in [0, 0.1) is 0 Å². The Labute approximate surface area is 162 Å². The monoisotopic (exact) mass is 394 g/mol. The second-order valence-electron chi connectivity index (χ2n) is 7.52. The summed E-state index contributed by atoms with van der Waals surface area (Å²) in [6.45, 7) is 1.20. The maximum absolute atomic E-state index is 12.9. The van der Waals surface area contributed by atoms with Crippen molar-refractivity contribution in [3.63, 3.8) is 0 Å². The first kappa shape index (κ1) is 19.9. The van der Waals surface area contributed by atoms with Crippen LogP contribution in [0.15, 0.2) is 23.4 Å². The van der Waals surface area contributed by atoms with E-state index in [2.05, 4.69) is 15.0 Å². The highest BCUT2D eigenvalue weighted by Crippen LogP contribution is 2.25. The molecule has 2 fully saturated rings. The van der Waals surface area contributed by atoms with Crippen LogP contribution in [0.25, 0.3) is 0 Å². The molecule has 2 heterocycles. The van der Waals surface area contributed by atoms with Gasteiger partial charge in [-0.05, 0) is 31.7 Å². The van der Waals surface area contributed by atoms with E-state index in [9.17, 15) is 13.2 Å². The van der Waals surface area contributed by atoms with Crippen LogP contribution >= 0.6 is 0 Å². The van der Waals surface area contributed by atoms with Crippen molar-refractivity contribution < 1.29 is 13.2 Å². The van der Waals surface area contributed by atoms with Crippen LogP contribution < -0.4 is 10.0 Å². The third-order valence-corrected chi connectivity index (χ3v) is 6.75. The zero-order chi connectivity index (χ0) is 19.1. The van der Waals surface area contributed by atoms with Gasteiger partial charge < -0.3 is 10.2 Å². The van der Waals surface area contributed by atoms with Crippen LogP contribution in [0.5, 0.6) is 0 Å². The fourth-order valence-electron chi connectivity index (χ4n) is 3.87. The third kappa shape index (κ3) is 5.57. The van der Waals surface area contributed by atoms with Gasteiger partial charge in [0.25, 0.3) is 10.0 Å². The number of hydrogen-bond donors (Lipinski definition) is 2. The molecule has 3 rings (SSSR count). The summed E-state index contributed by atoms with van der Waals surface area (Å²) in [4.78, 5) is 18.1. The van der Waals surface area contributed by atoms with Gasteiger partial charge in [-0.1, -0.05) is 38.5 Å². The molecule has 1 aliphatic heterocycles. The number of hydrogen-bond acceptors (Lipinski definition) is 5. The number of nitrogens with one attached hydrogen (secondary N) is 2. The average molecular weight is 395 g/mol. The molecule has 0 radical (unpaired) electrons. The average Bonchev–Trinajstić information content (AvgIpc) is 3.07. The predicted molar refractivity (Wildman–Crippen MR) is 105 cm³/mol. The summed E-state index contributed by atoms with van der Waals surface area (Å²) in [6.07, 6.45) is 13.7. The van der Waals surface area contributed by atoms with Gasteiger partial charge in [-0.15, -0.1) is 0 Å². The Kier molecular flexibility index (Phi) is 6.93. The van der Waals surface area contributed by atoms with Gasteiger partial charge in [-0.2, -0.15) is 0 Å². The number of nitrogens with zero attached hydrogens (tertiary/aromatic N) is 2. The minimum atomic E-state index is -3.98. The number of urea groups is 1. The molecule has 2 N–H and O–H groups in total. The molecule has 0 unspecified atom stereocenters. The molecule has 1 saturated carbocycles. The van der Waals surface area contributed by atoms with Gasteiger partial charge in [0.05, 0.1) is 5.69 Å². The quantitative estimate of drug-likeness (QED) is 0.763. The molecule has 150 valence electrons. The molecule has 2 aliphatic rings. The lowest BCUT2D eigenvalue weighted by Crippen LogP contribution is -2.43. The SMILES string of the molecule is O=C(NS(=O)(=O)c1cnccc1NC1CCCCCC1)N1CCCCCC1. The Morgan fingerprint density at radius 3 is 2.30 bits per heavy atom. The van der Waals surface area contributed by atoms with Gasteiger partial charge >= 0.3 is 6.03 Å². The Balaban J connectivity index is 1.72. The van der Waals surface area contributed by atoms with Crippen molar-refractivity contribution >= 4 is 21.7 Å². The first-order valence-electron chi connectivity index (χ1n) is 10.1. The molecule has 0 spiro atoms. The van der Waals surface area contributed by atoms with E-state index in [1.165, 1.54) is 19.0 Å². The van der Waals surface area contributed by atoms with Gasteiger partial charge in [-0.3, -0.25) is 4.98 Å². The summed E-state index contributed by atoms with van der Waals surface area (Å²) < 4.78 is 28.0. The molecule has 0 bridgehead atoms. The highest BCUT2D eigenvalue weighted by Gasteiger charge is 2.26. The summed E-state index contributed by atoms with van der Waals surface area (Å²) in [5.74, 6) is 0. The summed E-state index contributed by atoms with van der Waals surface area (Å²) in [7, 11) is -3.98. The van der Waals surface area contributed by atoms with Crippen molar-refractivity contribution in [1.29, 1.82) is 0 Å². The van der Waals surface area contributed by atoms with Crippen LogP contribution in [0.2, 0.25) is 0 Å². The van der Waals surface area contributed by atoms with Crippen molar-refractivity contribution in [1.82, 2.24) is 14.6 Å². The Hall–Kier alpha value is -1.83. The summed E-state index contributed by atoms with van der Waals surface area (Å²) in [5, 5.41) is 3.37. The largest absolute Gasteiger partial charge is 0.381 e. The van der Waals surface area contributed by atoms with Crippen molar-refractivity contribution in [2.45, 2.75) is 75.1 Å². The maximum atomic E-state index is 12.9. The topological polar surface area (TPSA) is 91.4 Å². The zero-order valence-electron chi connectivity index (χ0n) is 15.8. The van der Waals surface area contributed by atoms with Crippen molar-refractivity contribution in [2.75, 3.05) is 18.4 Å². The number of sulfonamides is 1. The minimum absolute atomic E-state index is 0.0393. The number of aromatic nitrogens is 1. The van der Waals surface area contributed by atoms with Crippen molar-refractivity contribution in [3.05, 3.63) is 18.5 Å². The van der Waals surface area contributed by atoms with E-state index in [1.54, 1.807) is 17.2 Å². The van der Waals surface area contributed by atoms with Crippen molar-refractivity contribution in [3.8, 4) is 0 Å².